The summed E-state index contributed by atoms with van der Waals surface area (Å²) in [7, 11) is 0. The van der Waals surface area contributed by atoms with Crippen LogP contribution in [0.15, 0.2) is 72.8 Å². The van der Waals surface area contributed by atoms with Gasteiger partial charge in [0.15, 0.2) is 0 Å². The minimum atomic E-state index is 0.543. The Balaban J connectivity index is 1.28. The molecular weight excluding hydrogens is 382 g/mol. The molecule has 1 aromatic heterocycles. The van der Waals surface area contributed by atoms with E-state index in [9.17, 15) is 0 Å². The Morgan fingerprint density at radius 1 is 0.966 bits per heavy atom. The van der Waals surface area contributed by atoms with Crippen LogP contribution in [0.5, 0.6) is 5.75 Å². The summed E-state index contributed by atoms with van der Waals surface area (Å²) in [5.74, 6) is 1.89. The lowest BCUT2D eigenvalue weighted by atomic mass is 10.2. The predicted molar refractivity (Wildman–Crippen MR) is 118 cm³/mol. The minimum absolute atomic E-state index is 0.543. The molecule has 4 rings (SSSR count). The number of hydrogen-bond acceptors (Lipinski definition) is 3. The minimum Gasteiger partial charge on any atom is -0.489 e. The van der Waals surface area contributed by atoms with E-state index in [0.29, 0.717) is 13.2 Å². The van der Waals surface area contributed by atoms with E-state index in [2.05, 4.69) is 33.5 Å². The van der Waals surface area contributed by atoms with Gasteiger partial charge in [0, 0.05) is 23.6 Å². The standard InChI is InChI=1S/C24H24ClN3O/c25-20-12-13-23(29-17-18-7-2-1-3-8-18)19(15-20)16-26-14-6-11-24-27-21-9-4-5-10-22(21)28-24/h1-5,7-10,12-13,15,26H,6,11,14,16-17H2,(H,27,28). The highest BCUT2D eigenvalue weighted by molar-refractivity contribution is 6.30. The first-order valence-corrected chi connectivity index (χ1v) is 10.3. The molecule has 2 N–H and O–H groups in total. The fraction of sp³-hybridized carbons (Fsp3) is 0.208. The Morgan fingerprint density at radius 2 is 1.79 bits per heavy atom. The lowest BCUT2D eigenvalue weighted by Gasteiger charge is -2.13. The van der Waals surface area contributed by atoms with Crippen molar-refractivity contribution in [3.05, 3.63) is 94.8 Å². The average Bonchev–Trinajstić information content (AvgIpc) is 3.16. The number of nitrogens with zero attached hydrogens (tertiary/aromatic N) is 1. The number of hydrogen-bond donors (Lipinski definition) is 2. The van der Waals surface area contributed by atoms with Crippen LogP contribution in [0.3, 0.4) is 0 Å². The average molecular weight is 406 g/mol. The fourth-order valence-corrected chi connectivity index (χ4v) is 3.48. The molecule has 0 spiro atoms. The molecule has 1 heterocycles. The SMILES string of the molecule is Clc1ccc(OCc2ccccc2)c(CNCCCc2nc3ccccc3[nH]2)c1. The highest BCUT2D eigenvalue weighted by atomic mass is 35.5. The Labute approximate surface area is 175 Å². The van der Waals surface area contributed by atoms with Crippen molar-refractivity contribution in [2.45, 2.75) is 26.0 Å². The third-order valence-electron chi connectivity index (χ3n) is 4.78. The monoisotopic (exact) mass is 405 g/mol. The van der Waals surface area contributed by atoms with Gasteiger partial charge in [-0.1, -0.05) is 54.1 Å². The van der Waals surface area contributed by atoms with E-state index < -0.39 is 0 Å². The molecule has 5 heteroatoms. The maximum atomic E-state index is 6.20. The molecule has 148 valence electrons. The molecule has 0 saturated heterocycles. The number of rotatable bonds is 9. The van der Waals surface area contributed by atoms with Crippen LogP contribution in [0.4, 0.5) is 0 Å². The maximum absolute atomic E-state index is 6.20. The molecule has 0 unspecified atom stereocenters. The quantitative estimate of drug-likeness (QED) is 0.360. The number of fused-ring (bicyclic) bond motifs is 1. The zero-order valence-electron chi connectivity index (χ0n) is 16.2. The second-order valence-corrected chi connectivity index (χ2v) is 7.44. The summed E-state index contributed by atoms with van der Waals surface area (Å²) >= 11 is 6.20. The number of aryl methyl sites for hydroxylation is 1. The first kappa shape index (κ1) is 19.5. The lowest BCUT2D eigenvalue weighted by molar-refractivity contribution is 0.302. The Kier molecular flexibility index (Phi) is 6.45. The summed E-state index contributed by atoms with van der Waals surface area (Å²) < 4.78 is 6.02. The number of imidazole rings is 1. The zero-order valence-corrected chi connectivity index (χ0v) is 17.0. The normalized spacial score (nSPS) is 11.1. The summed E-state index contributed by atoms with van der Waals surface area (Å²) in [5, 5.41) is 4.21. The molecule has 4 nitrogen and oxygen atoms in total. The van der Waals surface area contributed by atoms with E-state index in [1.165, 1.54) is 0 Å². The van der Waals surface area contributed by atoms with Gasteiger partial charge in [-0.25, -0.2) is 4.98 Å². The van der Waals surface area contributed by atoms with Crippen molar-refractivity contribution in [2.24, 2.45) is 0 Å². The number of nitrogens with one attached hydrogen (secondary N) is 2. The van der Waals surface area contributed by atoms with Crippen LogP contribution in [0.1, 0.15) is 23.4 Å². The molecule has 0 fully saturated rings. The Morgan fingerprint density at radius 3 is 2.66 bits per heavy atom. The molecule has 4 aromatic rings. The van der Waals surface area contributed by atoms with Crippen LogP contribution in [-0.4, -0.2) is 16.5 Å². The second-order valence-electron chi connectivity index (χ2n) is 7.01. The smallest absolute Gasteiger partial charge is 0.124 e. The number of halogens is 1. The maximum Gasteiger partial charge on any atom is 0.124 e. The van der Waals surface area contributed by atoms with Crippen molar-refractivity contribution < 1.29 is 4.74 Å². The Hall–Kier alpha value is -2.82. The first-order chi connectivity index (χ1) is 14.3. The molecule has 0 radical (unpaired) electrons. The molecule has 0 aliphatic heterocycles. The van der Waals surface area contributed by atoms with Crippen molar-refractivity contribution >= 4 is 22.6 Å². The van der Waals surface area contributed by atoms with Gasteiger partial charge in [-0.15, -0.1) is 0 Å². The van der Waals surface area contributed by atoms with Crippen molar-refractivity contribution in [1.29, 1.82) is 0 Å². The molecule has 0 amide bonds. The van der Waals surface area contributed by atoms with Crippen molar-refractivity contribution in [3.8, 4) is 5.75 Å². The van der Waals surface area contributed by atoms with E-state index in [-0.39, 0.29) is 0 Å². The molecule has 0 atom stereocenters. The van der Waals surface area contributed by atoms with E-state index in [0.717, 1.165) is 58.1 Å². The molecule has 0 aliphatic rings. The zero-order chi connectivity index (χ0) is 19.9. The molecule has 3 aromatic carbocycles. The number of H-pyrrole nitrogens is 1. The van der Waals surface area contributed by atoms with Gasteiger partial charge in [-0.3, -0.25) is 0 Å². The summed E-state index contributed by atoms with van der Waals surface area (Å²) in [4.78, 5) is 8.00. The fourth-order valence-electron chi connectivity index (χ4n) is 3.29. The van der Waals surface area contributed by atoms with E-state index in [1.807, 2.05) is 54.6 Å². The number of benzene rings is 3. The summed E-state index contributed by atoms with van der Waals surface area (Å²) in [6.07, 6.45) is 1.91. The summed E-state index contributed by atoms with van der Waals surface area (Å²) in [6.45, 7) is 2.15. The molecule has 0 bridgehead atoms. The van der Waals surface area contributed by atoms with Gasteiger partial charge in [-0.05, 0) is 48.9 Å². The largest absolute Gasteiger partial charge is 0.489 e. The molecule has 29 heavy (non-hydrogen) atoms. The van der Waals surface area contributed by atoms with Crippen LogP contribution in [0.25, 0.3) is 11.0 Å². The molecular formula is C24H24ClN3O. The van der Waals surface area contributed by atoms with Gasteiger partial charge < -0.3 is 15.0 Å². The van der Waals surface area contributed by atoms with Crippen molar-refractivity contribution in [1.82, 2.24) is 15.3 Å². The van der Waals surface area contributed by atoms with E-state index in [4.69, 9.17) is 16.3 Å². The number of aromatic nitrogens is 2. The van der Waals surface area contributed by atoms with Crippen molar-refractivity contribution in [2.75, 3.05) is 6.54 Å². The number of ether oxygens (including phenoxy) is 1. The number of para-hydroxylation sites is 2. The highest BCUT2D eigenvalue weighted by Gasteiger charge is 2.06. The van der Waals surface area contributed by atoms with Gasteiger partial charge in [-0.2, -0.15) is 0 Å². The summed E-state index contributed by atoms with van der Waals surface area (Å²) in [6, 6.07) is 24.1. The third-order valence-corrected chi connectivity index (χ3v) is 5.02. The van der Waals surface area contributed by atoms with Gasteiger partial charge in [0.05, 0.1) is 11.0 Å². The van der Waals surface area contributed by atoms with Crippen LogP contribution < -0.4 is 10.1 Å². The van der Waals surface area contributed by atoms with E-state index >= 15 is 0 Å². The number of aromatic amines is 1. The van der Waals surface area contributed by atoms with Crippen LogP contribution in [0.2, 0.25) is 5.02 Å². The van der Waals surface area contributed by atoms with Crippen molar-refractivity contribution in [3.63, 3.8) is 0 Å². The van der Waals surface area contributed by atoms with Gasteiger partial charge in [0.2, 0.25) is 0 Å². The van der Waals surface area contributed by atoms with Crippen LogP contribution in [-0.2, 0) is 19.6 Å². The molecule has 0 aliphatic carbocycles. The lowest BCUT2D eigenvalue weighted by Crippen LogP contribution is -2.16. The second kappa shape index (κ2) is 9.59. The third kappa shape index (κ3) is 5.37. The van der Waals surface area contributed by atoms with E-state index in [1.54, 1.807) is 0 Å². The van der Waals surface area contributed by atoms with Gasteiger partial charge in [0.1, 0.15) is 18.2 Å². The predicted octanol–water partition coefficient (Wildman–Crippen LogP) is 5.52. The van der Waals surface area contributed by atoms with Gasteiger partial charge >= 0.3 is 0 Å². The first-order valence-electron chi connectivity index (χ1n) is 9.87. The molecule has 0 saturated carbocycles. The summed E-state index contributed by atoms with van der Waals surface area (Å²) in [5.41, 5.74) is 4.33. The Bertz CT molecular complexity index is 1030. The van der Waals surface area contributed by atoms with Gasteiger partial charge in [0.25, 0.3) is 0 Å². The van der Waals surface area contributed by atoms with Crippen LogP contribution in [0, 0.1) is 0 Å². The topological polar surface area (TPSA) is 49.9 Å². The van der Waals surface area contributed by atoms with Crippen LogP contribution >= 0.6 is 11.6 Å². The highest BCUT2D eigenvalue weighted by Crippen LogP contribution is 2.24.